The average Bonchev–Trinajstić information content (AvgIpc) is 3.12. The summed E-state index contributed by atoms with van der Waals surface area (Å²) in [7, 11) is -3.89. The van der Waals surface area contributed by atoms with Gasteiger partial charge < -0.3 is 14.8 Å². The summed E-state index contributed by atoms with van der Waals surface area (Å²) < 4.78 is 50.3. The fraction of sp³-hybridized carbons (Fsp3) is 0.316. The van der Waals surface area contributed by atoms with Gasteiger partial charge in [0.05, 0.1) is 11.9 Å². The Labute approximate surface area is 163 Å². The molecule has 0 aliphatic carbocycles. The lowest BCUT2D eigenvalue weighted by Crippen LogP contribution is -2.49. The Morgan fingerprint density at radius 2 is 1.93 bits per heavy atom. The van der Waals surface area contributed by atoms with Crippen molar-refractivity contribution in [3.05, 3.63) is 53.8 Å². The predicted molar refractivity (Wildman–Crippen MR) is 102 cm³/mol. The fourth-order valence-electron chi connectivity index (χ4n) is 3.02. The first-order valence-electron chi connectivity index (χ1n) is 8.71. The molecular weight excluding hydrogens is 387 g/mol. The first-order valence-corrected chi connectivity index (χ1v) is 10.6. The first-order chi connectivity index (χ1) is 13.3. The SMILES string of the molecule is CC[C@H](C(=O)NCc1ccc2c(c1)OCO2)N(c1ccccc1F)S(C)(=O)=O. The lowest BCUT2D eigenvalue weighted by molar-refractivity contribution is -0.122. The minimum Gasteiger partial charge on any atom is -0.454 e. The highest BCUT2D eigenvalue weighted by Crippen LogP contribution is 2.32. The smallest absolute Gasteiger partial charge is 0.244 e. The Morgan fingerprint density at radius 1 is 1.21 bits per heavy atom. The first kappa shape index (κ1) is 19.9. The summed E-state index contributed by atoms with van der Waals surface area (Å²) in [6.45, 7) is 1.99. The molecule has 1 N–H and O–H groups in total. The van der Waals surface area contributed by atoms with E-state index in [9.17, 15) is 17.6 Å². The predicted octanol–water partition coefficient (Wildman–Crippen LogP) is 2.42. The number of hydrogen-bond acceptors (Lipinski definition) is 5. The number of carbonyl (C=O) groups is 1. The van der Waals surface area contributed by atoms with Crippen LogP contribution < -0.4 is 19.1 Å². The maximum atomic E-state index is 14.2. The van der Waals surface area contributed by atoms with E-state index in [0.717, 1.165) is 22.2 Å². The van der Waals surface area contributed by atoms with E-state index in [1.165, 1.54) is 18.2 Å². The normalized spacial score (nSPS) is 13.8. The monoisotopic (exact) mass is 408 g/mol. The summed E-state index contributed by atoms with van der Waals surface area (Å²) in [5, 5.41) is 2.72. The zero-order chi connectivity index (χ0) is 20.3. The van der Waals surface area contributed by atoms with Crippen LogP contribution in [0.15, 0.2) is 42.5 Å². The molecule has 9 heteroatoms. The molecular formula is C19H21FN2O5S. The quantitative estimate of drug-likeness (QED) is 0.761. The number of amides is 1. The van der Waals surface area contributed by atoms with E-state index in [1.54, 1.807) is 25.1 Å². The zero-order valence-corrected chi connectivity index (χ0v) is 16.3. The van der Waals surface area contributed by atoms with E-state index >= 15 is 0 Å². The molecule has 3 rings (SSSR count). The summed E-state index contributed by atoms with van der Waals surface area (Å²) in [5.74, 6) is -0.0176. The number of ether oxygens (including phenoxy) is 2. The van der Waals surface area contributed by atoms with Crippen LogP contribution >= 0.6 is 0 Å². The van der Waals surface area contributed by atoms with Gasteiger partial charge in [-0.3, -0.25) is 9.10 Å². The topological polar surface area (TPSA) is 84.9 Å². The van der Waals surface area contributed by atoms with Gasteiger partial charge in [0.2, 0.25) is 22.7 Å². The molecule has 1 aliphatic rings. The lowest BCUT2D eigenvalue weighted by Gasteiger charge is -2.30. The van der Waals surface area contributed by atoms with Crippen LogP contribution in [0.3, 0.4) is 0 Å². The number of hydrogen-bond donors (Lipinski definition) is 1. The van der Waals surface area contributed by atoms with Gasteiger partial charge in [-0.05, 0) is 36.2 Å². The third-order valence-electron chi connectivity index (χ3n) is 4.32. The van der Waals surface area contributed by atoms with E-state index in [-0.39, 0.29) is 25.4 Å². The molecule has 7 nitrogen and oxygen atoms in total. The van der Waals surface area contributed by atoms with Crippen LogP contribution in [0.4, 0.5) is 10.1 Å². The second kappa shape index (κ2) is 8.05. The molecule has 0 fully saturated rings. The van der Waals surface area contributed by atoms with E-state index < -0.39 is 27.8 Å². The van der Waals surface area contributed by atoms with Crippen molar-refractivity contribution in [2.75, 3.05) is 17.4 Å². The Hall–Kier alpha value is -2.81. The number of fused-ring (bicyclic) bond motifs is 1. The molecule has 0 radical (unpaired) electrons. The summed E-state index contributed by atoms with van der Waals surface area (Å²) in [6.07, 6.45) is 1.13. The second-order valence-electron chi connectivity index (χ2n) is 6.34. The van der Waals surface area contributed by atoms with Gasteiger partial charge in [-0.25, -0.2) is 12.8 Å². The van der Waals surface area contributed by atoms with E-state index in [0.29, 0.717) is 11.5 Å². The Balaban J connectivity index is 1.80. The van der Waals surface area contributed by atoms with Gasteiger partial charge in [-0.2, -0.15) is 0 Å². The van der Waals surface area contributed by atoms with Gasteiger partial charge in [0.1, 0.15) is 11.9 Å². The molecule has 1 aliphatic heterocycles. The number of halogens is 1. The van der Waals surface area contributed by atoms with E-state index in [4.69, 9.17) is 9.47 Å². The summed E-state index contributed by atoms with van der Waals surface area (Å²) in [5.41, 5.74) is 0.610. The number of rotatable bonds is 7. The van der Waals surface area contributed by atoms with E-state index in [2.05, 4.69) is 5.32 Å². The van der Waals surface area contributed by atoms with Crippen LogP contribution in [0.5, 0.6) is 11.5 Å². The van der Waals surface area contributed by atoms with Crippen molar-refractivity contribution < 1.29 is 27.1 Å². The lowest BCUT2D eigenvalue weighted by atomic mass is 10.1. The zero-order valence-electron chi connectivity index (χ0n) is 15.5. The third kappa shape index (κ3) is 4.19. The highest BCUT2D eigenvalue weighted by molar-refractivity contribution is 7.92. The molecule has 0 aromatic heterocycles. The number of nitrogens with one attached hydrogen (secondary N) is 1. The molecule has 0 saturated heterocycles. The third-order valence-corrected chi connectivity index (χ3v) is 5.49. The number of nitrogens with zero attached hydrogens (tertiary/aromatic N) is 1. The van der Waals surface area contributed by atoms with Crippen molar-refractivity contribution in [1.29, 1.82) is 0 Å². The summed E-state index contributed by atoms with van der Waals surface area (Å²) in [4.78, 5) is 12.8. The van der Waals surface area contributed by atoms with Gasteiger partial charge in [0.15, 0.2) is 11.5 Å². The van der Waals surface area contributed by atoms with Crippen molar-refractivity contribution in [1.82, 2.24) is 5.32 Å². The molecule has 1 amide bonds. The van der Waals surface area contributed by atoms with E-state index in [1.807, 2.05) is 0 Å². The van der Waals surface area contributed by atoms with Crippen LogP contribution in [0.25, 0.3) is 0 Å². The number of carbonyl (C=O) groups excluding carboxylic acids is 1. The summed E-state index contributed by atoms with van der Waals surface area (Å²) in [6, 6.07) is 9.65. The molecule has 0 unspecified atom stereocenters. The largest absolute Gasteiger partial charge is 0.454 e. The number of para-hydroxylation sites is 1. The van der Waals surface area contributed by atoms with Crippen LogP contribution in [0.2, 0.25) is 0 Å². The van der Waals surface area contributed by atoms with Gasteiger partial charge >= 0.3 is 0 Å². The average molecular weight is 408 g/mol. The van der Waals surface area contributed by atoms with Gasteiger partial charge in [-0.15, -0.1) is 0 Å². The maximum absolute atomic E-state index is 14.2. The van der Waals surface area contributed by atoms with Crippen LogP contribution in [-0.4, -0.2) is 33.4 Å². The minimum atomic E-state index is -3.89. The standard InChI is InChI=1S/C19H21FN2O5S/c1-3-15(22(28(2,24)25)16-7-5-4-6-14(16)20)19(23)21-11-13-8-9-17-18(10-13)27-12-26-17/h4-10,15H,3,11-12H2,1-2H3,(H,21,23)/t15-/m1/s1. The molecule has 1 heterocycles. The van der Waals surface area contributed by atoms with Crippen molar-refractivity contribution in [2.45, 2.75) is 25.9 Å². The van der Waals surface area contributed by atoms with Gasteiger partial charge in [-0.1, -0.05) is 25.1 Å². The molecule has 0 spiro atoms. The highest BCUT2D eigenvalue weighted by atomic mass is 32.2. The van der Waals surface area contributed by atoms with Crippen molar-refractivity contribution in [3.63, 3.8) is 0 Å². The molecule has 2 aromatic rings. The van der Waals surface area contributed by atoms with Crippen molar-refractivity contribution in [3.8, 4) is 11.5 Å². The maximum Gasteiger partial charge on any atom is 0.244 e. The number of benzene rings is 2. The number of sulfonamides is 1. The Bertz CT molecular complexity index is 980. The Morgan fingerprint density at radius 3 is 2.61 bits per heavy atom. The fourth-order valence-corrected chi connectivity index (χ4v) is 4.24. The molecule has 0 bridgehead atoms. The molecule has 1 atom stereocenters. The van der Waals surface area contributed by atoms with Crippen LogP contribution in [-0.2, 0) is 21.4 Å². The Kier molecular flexibility index (Phi) is 5.73. The van der Waals surface area contributed by atoms with Crippen LogP contribution in [0.1, 0.15) is 18.9 Å². The second-order valence-corrected chi connectivity index (χ2v) is 8.20. The van der Waals surface area contributed by atoms with Crippen LogP contribution in [0, 0.1) is 5.82 Å². The highest BCUT2D eigenvalue weighted by Gasteiger charge is 2.33. The molecule has 28 heavy (non-hydrogen) atoms. The molecule has 150 valence electrons. The van der Waals surface area contributed by atoms with Gasteiger partial charge in [0.25, 0.3) is 0 Å². The summed E-state index contributed by atoms with van der Waals surface area (Å²) >= 11 is 0. The number of anilines is 1. The molecule has 2 aromatic carbocycles. The molecule has 0 saturated carbocycles. The van der Waals surface area contributed by atoms with Gasteiger partial charge in [0, 0.05) is 6.54 Å². The van der Waals surface area contributed by atoms with Crippen molar-refractivity contribution >= 4 is 21.6 Å². The minimum absolute atomic E-state index is 0.148. The van der Waals surface area contributed by atoms with Crippen molar-refractivity contribution in [2.24, 2.45) is 0 Å².